The van der Waals surface area contributed by atoms with Gasteiger partial charge in [-0.3, -0.25) is 6.08 Å². The maximum Gasteiger partial charge on any atom is 3.00 e. The van der Waals surface area contributed by atoms with Gasteiger partial charge in [0.1, 0.15) is 0 Å². The van der Waals surface area contributed by atoms with E-state index in [-0.39, 0.29) is 52.6 Å². The van der Waals surface area contributed by atoms with Crippen molar-refractivity contribution in [2.75, 3.05) is 6.61 Å². The van der Waals surface area contributed by atoms with E-state index in [2.05, 4.69) is 32.1 Å². The molecule has 0 aromatic rings. The first kappa shape index (κ1) is 20.2. The van der Waals surface area contributed by atoms with E-state index in [0.717, 1.165) is 19.4 Å². The molecule has 1 radical (unpaired) electrons. The largest absolute Gasteiger partial charge is 3.00 e. The minimum atomic E-state index is 0. The van der Waals surface area contributed by atoms with Gasteiger partial charge in [-0.2, -0.15) is 11.6 Å². The van der Waals surface area contributed by atoms with Gasteiger partial charge in [0.2, 0.25) is 0 Å². The first-order valence-electron chi connectivity index (χ1n) is 4.23. The van der Waals surface area contributed by atoms with Crippen LogP contribution in [0.15, 0.2) is 17.7 Å². The molecule has 0 aliphatic heterocycles. The standard InChI is InChI=1S/C10H15O.2ClH.Ti/c1-3-8-11-9(2)10-6-4-5-7-10;;;/h4,6,9H,3,5,8H2,1-2H3;2*1H;/q-1;;;+3/p-2. The molecule has 0 aromatic carbocycles. The Bertz CT molecular complexity index is 181. The Hall–Kier alpha value is 0.734. The zero-order valence-corrected chi connectivity index (χ0v) is 11.6. The molecule has 0 saturated heterocycles. The van der Waals surface area contributed by atoms with Gasteiger partial charge in [-0.25, -0.2) is 6.08 Å². The van der Waals surface area contributed by atoms with Crippen LogP contribution in [0.1, 0.15) is 26.7 Å². The third-order valence-corrected chi connectivity index (χ3v) is 1.73. The molecule has 1 aliphatic rings. The van der Waals surface area contributed by atoms with Gasteiger partial charge in [0.25, 0.3) is 0 Å². The molecular formula is C10H15Cl2OTi. The van der Waals surface area contributed by atoms with Crippen molar-refractivity contribution in [2.45, 2.75) is 32.8 Å². The molecule has 14 heavy (non-hydrogen) atoms. The number of ether oxygens (including phenoxy) is 1. The van der Waals surface area contributed by atoms with Gasteiger partial charge in [0, 0.05) is 12.7 Å². The molecule has 0 aromatic heterocycles. The molecule has 0 saturated carbocycles. The van der Waals surface area contributed by atoms with Gasteiger partial charge >= 0.3 is 21.7 Å². The number of hydrogen-bond acceptors (Lipinski definition) is 1. The predicted octanol–water partition coefficient (Wildman–Crippen LogP) is -3.50. The van der Waals surface area contributed by atoms with Crippen LogP contribution in [0.3, 0.4) is 0 Å². The number of rotatable bonds is 4. The number of hydrogen-bond donors (Lipinski definition) is 0. The third kappa shape index (κ3) is 7.08. The van der Waals surface area contributed by atoms with Crippen LogP contribution in [0.25, 0.3) is 0 Å². The molecule has 1 nitrogen and oxygen atoms in total. The summed E-state index contributed by atoms with van der Waals surface area (Å²) in [4.78, 5) is 0. The van der Waals surface area contributed by atoms with Crippen LogP contribution in [-0.4, -0.2) is 12.7 Å². The maximum atomic E-state index is 5.52. The summed E-state index contributed by atoms with van der Waals surface area (Å²) >= 11 is 0. The summed E-state index contributed by atoms with van der Waals surface area (Å²) in [5, 5.41) is 0. The van der Waals surface area contributed by atoms with E-state index < -0.39 is 0 Å². The van der Waals surface area contributed by atoms with E-state index in [9.17, 15) is 0 Å². The van der Waals surface area contributed by atoms with Gasteiger partial charge in [0.05, 0.1) is 0 Å². The van der Waals surface area contributed by atoms with E-state index in [1.165, 1.54) is 5.57 Å². The molecule has 0 spiro atoms. The molecule has 0 fully saturated rings. The van der Waals surface area contributed by atoms with Crippen LogP contribution in [0.2, 0.25) is 0 Å². The fraction of sp³-hybridized carbons (Fsp3) is 0.600. The Kier molecular flexibility index (Phi) is 17.0. The molecule has 79 valence electrons. The van der Waals surface area contributed by atoms with Crippen molar-refractivity contribution >= 4 is 0 Å². The van der Waals surface area contributed by atoms with Gasteiger partial charge in [0.15, 0.2) is 0 Å². The third-order valence-electron chi connectivity index (χ3n) is 1.73. The van der Waals surface area contributed by atoms with Crippen LogP contribution in [0, 0.1) is 6.08 Å². The van der Waals surface area contributed by atoms with Crippen molar-refractivity contribution in [1.29, 1.82) is 0 Å². The molecule has 0 N–H and O–H groups in total. The zero-order chi connectivity index (χ0) is 8.10. The summed E-state index contributed by atoms with van der Waals surface area (Å²) < 4.78 is 5.52. The molecule has 0 bridgehead atoms. The topological polar surface area (TPSA) is 9.23 Å². The Labute approximate surface area is 114 Å². The van der Waals surface area contributed by atoms with E-state index >= 15 is 0 Å². The average molecular weight is 270 g/mol. The minimum absolute atomic E-state index is 0. The fourth-order valence-corrected chi connectivity index (χ4v) is 1.09. The normalized spacial score (nSPS) is 14.6. The second-order valence-corrected chi connectivity index (χ2v) is 2.75. The average Bonchev–Trinajstić information content (AvgIpc) is 2.52. The number of halogens is 2. The summed E-state index contributed by atoms with van der Waals surface area (Å²) in [5.41, 5.74) is 1.21. The van der Waals surface area contributed by atoms with Crippen LogP contribution in [0.4, 0.5) is 0 Å². The van der Waals surface area contributed by atoms with Crippen LogP contribution in [-0.2, 0) is 26.5 Å². The second-order valence-electron chi connectivity index (χ2n) is 2.75. The number of allylic oxidation sites excluding steroid dienone is 2. The van der Waals surface area contributed by atoms with E-state index in [1.54, 1.807) is 0 Å². The molecule has 0 amide bonds. The Morgan fingerprint density at radius 3 is 2.57 bits per heavy atom. The maximum absolute atomic E-state index is 5.52. The van der Waals surface area contributed by atoms with Crippen molar-refractivity contribution < 1.29 is 51.3 Å². The van der Waals surface area contributed by atoms with Crippen LogP contribution in [0.5, 0.6) is 0 Å². The quantitative estimate of drug-likeness (QED) is 0.380. The SMILES string of the molecule is CCCOC(C)C1=[C-]CC=C1.[Cl-].[Cl-].[Ti+3]. The molecule has 1 atom stereocenters. The fourth-order valence-electron chi connectivity index (χ4n) is 1.09. The van der Waals surface area contributed by atoms with Gasteiger partial charge in [-0.1, -0.05) is 6.92 Å². The Balaban J connectivity index is -0.000000403. The van der Waals surface area contributed by atoms with E-state index in [0.29, 0.717) is 0 Å². The van der Waals surface area contributed by atoms with Crippen molar-refractivity contribution in [2.24, 2.45) is 0 Å². The molecule has 0 heterocycles. The molecule has 4 heteroatoms. The van der Waals surface area contributed by atoms with Gasteiger partial charge < -0.3 is 29.6 Å². The smallest absolute Gasteiger partial charge is 1.00 e. The first-order chi connectivity index (χ1) is 5.34. The molecule has 1 aliphatic carbocycles. The molecule has 1 unspecified atom stereocenters. The summed E-state index contributed by atoms with van der Waals surface area (Å²) in [6.45, 7) is 5.04. The van der Waals surface area contributed by atoms with Gasteiger partial charge in [-0.05, 0) is 13.3 Å². The zero-order valence-electron chi connectivity index (χ0n) is 8.52. The van der Waals surface area contributed by atoms with Crippen molar-refractivity contribution in [1.82, 2.24) is 0 Å². The van der Waals surface area contributed by atoms with Crippen molar-refractivity contribution in [3.63, 3.8) is 0 Å². The Morgan fingerprint density at radius 2 is 2.14 bits per heavy atom. The van der Waals surface area contributed by atoms with E-state index in [4.69, 9.17) is 4.74 Å². The summed E-state index contributed by atoms with van der Waals surface area (Å²) in [5.74, 6) is 0. The predicted molar refractivity (Wildman–Crippen MR) is 46.2 cm³/mol. The summed E-state index contributed by atoms with van der Waals surface area (Å²) in [6.07, 6.45) is 9.72. The summed E-state index contributed by atoms with van der Waals surface area (Å²) in [6, 6.07) is 0. The van der Waals surface area contributed by atoms with Gasteiger partial charge in [-0.15, -0.1) is 6.42 Å². The summed E-state index contributed by atoms with van der Waals surface area (Å²) in [7, 11) is 0. The monoisotopic (exact) mass is 269 g/mol. The first-order valence-corrected chi connectivity index (χ1v) is 4.23. The van der Waals surface area contributed by atoms with E-state index in [1.807, 2.05) is 0 Å². The molecular weight excluding hydrogens is 255 g/mol. The Morgan fingerprint density at radius 1 is 1.50 bits per heavy atom. The van der Waals surface area contributed by atoms with Crippen LogP contribution < -0.4 is 24.8 Å². The van der Waals surface area contributed by atoms with Crippen molar-refractivity contribution in [3.05, 3.63) is 23.8 Å². The van der Waals surface area contributed by atoms with Crippen molar-refractivity contribution in [3.8, 4) is 0 Å². The second kappa shape index (κ2) is 11.8. The molecule has 1 rings (SSSR count). The minimum Gasteiger partial charge on any atom is -1.00 e. The van der Waals surface area contributed by atoms with Crippen LogP contribution >= 0.6 is 0 Å².